The van der Waals surface area contributed by atoms with Gasteiger partial charge in [0.1, 0.15) is 37.6 Å². The first-order valence-corrected chi connectivity index (χ1v) is 50.2. The standard InChI is InChI=1S/C51H82ClN3O15.C51H78ClN3O15/c2*1-16-38-51(11)44(69-48(58)70-51)30(4)40(54-62-27-35-20-17-18-21-36(35)52)28(2)25-49(9,59-14)43(68-47-42(65-34(8)56)37(55(12)13)24-29(3)63-47)31(5)41(32(6)46(57)66-38)67-39-26-50(10,60-15)45(33(7)64-39)61-23-19-22-53/h17-18,20-21,28-33,37-39,41-45,47H,16,19,22-27,53H2,1-15H3;17-18,20-21,28-33,37-39,41-45,47H,16,19,23-27H2,1-15H3/b2*54-40+/t2*28-,29-,30+,31+,32-,33+,37+,38-,39+,41+,42-,43-,44-,45+,47+,49-,50-,51-/m11/s1. The topological polar surface area (TPSA) is 405 Å². The Hall–Kier alpha value is -6.81. The number of esters is 4. The molecule has 8 fully saturated rings. The maximum Gasteiger partial charge on any atom is 0.509 e. The molecule has 0 radical (unpaired) electrons. The normalized spacial score (nSPS) is 40.4. The number of ether oxygens (including phenoxy) is 22. The highest BCUT2D eigenvalue weighted by Crippen LogP contribution is 2.50. The van der Waals surface area contributed by atoms with Crippen molar-refractivity contribution in [1.29, 1.82) is 5.26 Å². The van der Waals surface area contributed by atoms with Crippen LogP contribution in [-0.4, -0.2) is 302 Å². The van der Waals surface area contributed by atoms with E-state index in [0.29, 0.717) is 65.0 Å². The fourth-order valence-electron chi connectivity index (χ4n) is 22.1. The third kappa shape index (κ3) is 27.7. The van der Waals surface area contributed by atoms with Crippen LogP contribution in [-0.2, 0) is 146 Å². The zero-order chi connectivity index (χ0) is 104. The lowest BCUT2D eigenvalue weighted by atomic mass is 9.73. The molecule has 2 aromatic rings. The van der Waals surface area contributed by atoms with Gasteiger partial charge in [-0.1, -0.05) is 125 Å². The van der Waals surface area contributed by atoms with E-state index >= 15 is 0 Å². The van der Waals surface area contributed by atoms with Gasteiger partial charge in [-0.3, -0.25) is 19.2 Å². The molecule has 10 rings (SSSR count). The summed E-state index contributed by atoms with van der Waals surface area (Å²) in [4.78, 5) is 98.4. The lowest BCUT2D eigenvalue weighted by Gasteiger charge is -2.50. The summed E-state index contributed by atoms with van der Waals surface area (Å²) in [6, 6.07) is 16.1. The van der Waals surface area contributed by atoms with E-state index in [4.69, 9.17) is 153 Å². The minimum Gasteiger partial charge on any atom is -0.458 e. The Morgan fingerprint density at radius 3 is 1.18 bits per heavy atom. The Morgan fingerprint density at radius 2 is 0.850 bits per heavy atom. The lowest BCUT2D eigenvalue weighted by molar-refractivity contribution is -0.322. The van der Waals surface area contributed by atoms with Crippen LogP contribution in [0, 0.1) is 58.7 Å². The van der Waals surface area contributed by atoms with E-state index in [-0.39, 0.29) is 89.1 Å². The number of hydrogen-bond acceptors (Lipinski definition) is 36. The summed E-state index contributed by atoms with van der Waals surface area (Å²) in [5.74, 6) is -8.06. The van der Waals surface area contributed by atoms with Crippen molar-refractivity contribution in [3.05, 3.63) is 69.7 Å². The van der Waals surface area contributed by atoms with Crippen molar-refractivity contribution in [3.8, 4) is 6.07 Å². The third-order valence-electron chi connectivity index (χ3n) is 29.9. The monoisotopic (exact) mass is 2020 g/mol. The number of carbonyl (C=O) groups excluding carboxylic acids is 6. The van der Waals surface area contributed by atoms with E-state index in [1.807, 2.05) is 185 Å². The average Bonchev–Trinajstić information content (AvgIpc) is 1.54. The number of nitrogens with two attached hydrogens (primary N) is 1. The predicted molar refractivity (Wildman–Crippen MR) is 516 cm³/mol. The van der Waals surface area contributed by atoms with Crippen LogP contribution < -0.4 is 5.73 Å². The molecular formula is C102H160Cl2N6O30. The van der Waals surface area contributed by atoms with Gasteiger partial charge in [0.25, 0.3) is 0 Å². The fourth-order valence-corrected chi connectivity index (χ4v) is 22.5. The van der Waals surface area contributed by atoms with Crippen LogP contribution in [0.3, 0.4) is 0 Å². The molecule has 8 saturated heterocycles. The number of benzene rings is 2. The molecular weight excluding hydrogens is 1860 g/mol. The highest BCUT2D eigenvalue weighted by Gasteiger charge is 2.63. The Kier molecular flexibility index (Phi) is 42.5. The number of cyclic esters (lactones) is 2. The van der Waals surface area contributed by atoms with Crippen LogP contribution in [0.15, 0.2) is 58.8 Å². The van der Waals surface area contributed by atoms with Crippen LogP contribution >= 0.6 is 23.2 Å². The van der Waals surface area contributed by atoms with Crippen molar-refractivity contribution >= 4 is 70.8 Å². The molecule has 0 amide bonds. The number of methoxy groups -OCH3 is 4. The van der Waals surface area contributed by atoms with Gasteiger partial charge in [0.05, 0.1) is 126 Å². The molecule has 0 spiro atoms. The smallest absolute Gasteiger partial charge is 0.458 e. The van der Waals surface area contributed by atoms with Crippen molar-refractivity contribution in [2.75, 3.05) is 76.4 Å². The first-order valence-electron chi connectivity index (χ1n) is 49.4. The second kappa shape index (κ2) is 51.0. The molecule has 0 aliphatic carbocycles. The predicted octanol–water partition coefficient (Wildman–Crippen LogP) is 15.0. The molecule has 2 N–H and O–H groups in total. The van der Waals surface area contributed by atoms with Gasteiger partial charge >= 0.3 is 36.2 Å². The van der Waals surface area contributed by atoms with Crippen molar-refractivity contribution in [3.63, 3.8) is 0 Å². The summed E-state index contributed by atoms with van der Waals surface area (Å²) < 4.78 is 142. The summed E-state index contributed by atoms with van der Waals surface area (Å²) in [7, 11) is 14.0. The molecule has 140 heavy (non-hydrogen) atoms. The summed E-state index contributed by atoms with van der Waals surface area (Å²) in [5.41, 5.74) is 0.975. The van der Waals surface area contributed by atoms with Crippen molar-refractivity contribution in [2.24, 2.45) is 63.4 Å². The maximum absolute atomic E-state index is 15.0. The van der Waals surface area contributed by atoms with Crippen molar-refractivity contribution in [2.45, 2.75) is 398 Å². The molecule has 38 heteroatoms. The second-order valence-corrected chi connectivity index (χ2v) is 41.8. The molecule has 0 aromatic heterocycles. The van der Waals surface area contributed by atoms with E-state index in [1.165, 1.54) is 13.8 Å². The number of likely N-dealkylation sites (N-methyl/N-ethyl adjacent to an activating group) is 2. The number of nitriles is 1. The van der Waals surface area contributed by atoms with Crippen LogP contribution in [0.5, 0.6) is 0 Å². The molecule has 36 nitrogen and oxygen atoms in total. The fraction of sp³-hybridized carbons (Fsp3) is 0.794. The molecule has 36 atom stereocenters. The van der Waals surface area contributed by atoms with E-state index in [9.17, 15) is 34.0 Å². The Balaban J connectivity index is 0.000000313. The first kappa shape index (κ1) is 117. The molecule has 0 bridgehead atoms. The highest BCUT2D eigenvalue weighted by atomic mass is 35.5. The van der Waals surface area contributed by atoms with Gasteiger partial charge in [-0.05, 0) is 175 Å². The second-order valence-electron chi connectivity index (χ2n) is 40.9. The minimum atomic E-state index is -1.47. The van der Waals surface area contributed by atoms with E-state index in [0.717, 1.165) is 0 Å². The number of hydrogen-bond donors (Lipinski definition) is 1. The number of halogens is 2. The molecule has 2 aromatic carbocycles. The van der Waals surface area contributed by atoms with Gasteiger partial charge < -0.3 is 129 Å². The molecule has 792 valence electrons. The van der Waals surface area contributed by atoms with Crippen molar-refractivity contribution < 1.29 is 143 Å². The zero-order valence-electron chi connectivity index (χ0n) is 87.9. The van der Waals surface area contributed by atoms with Crippen LogP contribution in [0.2, 0.25) is 10.0 Å². The van der Waals surface area contributed by atoms with Gasteiger partial charge in [0.2, 0.25) is 0 Å². The summed E-state index contributed by atoms with van der Waals surface area (Å²) >= 11 is 13.1. The Bertz CT molecular complexity index is 4480. The van der Waals surface area contributed by atoms with Gasteiger partial charge in [0, 0.05) is 118 Å². The van der Waals surface area contributed by atoms with Crippen LogP contribution in [0.4, 0.5) is 9.59 Å². The molecule has 8 aliphatic heterocycles. The SMILES string of the molecule is CC[C@H]1OC(=O)[C@H](C)[C@@H](O[C@H]2C[C@@](C)(OC)[C@@H](OCCC#N)[C@H](C)O2)[C@H](C)[C@@H](O[C@@H]2O[C@H](C)C[C@H](N(C)C)[C@H]2OC(C)=O)[C@](C)(OC)C[C@@H](C)/C(=N\OCc2ccccc2Cl)[C@H](C)[C@H]2OC(=O)O[C@@]21C.CC[C@H]1OC(=O)[C@H](C)[C@@H](O[C@H]2C[C@@](C)(OC)[C@@H](OCCCN)[C@H](C)O2)[C@H](C)[C@@H](O[C@@H]2O[C@H](C)C[C@H](N(C)C)[C@H]2OC(C)=O)[C@](C)(OC)C[C@@H](C)/C(=N\OCc2ccccc2Cl)[C@H](C)[C@H]2OC(=O)O[C@@]21C. The molecule has 8 heterocycles. The van der Waals surface area contributed by atoms with Gasteiger partial charge in [-0.25, -0.2) is 9.59 Å². The number of rotatable bonds is 31. The Morgan fingerprint density at radius 1 is 0.493 bits per heavy atom. The lowest BCUT2D eigenvalue weighted by Crippen LogP contribution is -2.62. The maximum atomic E-state index is 15.0. The van der Waals surface area contributed by atoms with Crippen LogP contribution in [0.1, 0.15) is 228 Å². The van der Waals surface area contributed by atoms with Gasteiger partial charge in [-0.15, -0.1) is 0 Å². The summed E-state index contributed by atoms with van der Waals surface area (Å²) in [6.07, 6.45) is -15.0. The molecule has 0 saturated carbocycles. The number of fused-ring (bicyclic) bond motifs is 2. The average molecular weight is 2020 g/mol. The molecule has 0 unspecified atom stereocenters. The Labute approximate surface area is 838 Å². The summed E-state index contributed by atoms with van der Waals surface area (Å²) in [5, 5.41) is 19.8. The molecule has 8 aliphatic rings. The number of nitrogens with zero attached hydrogens (tertiary/aromatic N) is 5. The van der Waals surface area contributed by atoms with Crippen LogP contribution in [0.25, 0.3) is 0 Å². The largest absolute Gasteiger partial charge is 0.509 e. The summed E-state index contributed by atoms with van der Waals surface area (Å²) in [6.45, 7) is 41.2. The third-order valence-corrected chi connectivity index (χ3v) is 30.6. The van der Waals surface area contributed by atoms with Gasteiger partial charge in [0.15, 0.2) is 60.8 Å². The number of carbonyl (C=O) groups is 6. The van der Waals surface area contributed by atoms with Gasteiger partial charge in [-0.2, -0.15) is 5.26 Å². The first-order chi connectivity index (χ1) is 65.9. The zero-order valence-corrected chi connectivity index (χ0v) is 89.4. The number of oxime groups is 2. The highest BCUT2D eigenvalue weighted by molar-refractivity contribution is 6.31. The van der Waals surface area contributed by atoms with E-state index in [2.05, 4.69) is 6.07 Å². The van der Waals surface area contributed by atoms with E-state index in [1.54, 1.807) is 68.3 Å². The van der Waals surface area contributed by atoms with Crippen molar-refractivity contribution in [1.82, 2.24) is 9.80 Å². The van der Waals surface area contributed by atoms with E-state index < -0.39 is 228 Å². The minimum absolute atomic E-state index is 0.0375. The quantitative estimate of drug-likeness (QED) is 0.0317.